The number of rotatable bonds is 6. The van der Waals surface area contributed by atoms with Crippen LogP contribution < -0.4 is 11.1 Å². The van der Waals surface area contributed by atoms with Crippen molar-refractivity contribution in [1.29, 1.82) is 0 Å². The van der Waals surface area contributed by atoms with Crippen molar-refractivity contribution in [3.63, 3.8) is 0 Å². The molecule has 0 aromatic carbocycles. The fraction of sp³-hybridized carbons (Fsp3) is 0.583. The highest BCUT2D eigenvalue weighted by Crippen LogP contribution is 2.19. The summed E-state index contributed by atoms with van der Waals surface area (Å²) in [6.45, 7) is 5.90. The highest BCUT2D eigenvalue weighted by Gasteiger charge is 2.21. The molecular formula is C12H19BrN4O. The number of carbonyl (C=O) groups excluding carboxylic acids is 1. The van der Waals surface area contributed by atoms with Crippen LogP contribution in [0, 0.1) is 0 Å². The van der Waals surface area contributed by atoms with E-state index in [1.54, 1.807) is 6.07 Å². The first-order chi connectivity index (χ1) is 8.32. The second-order valence-corrected chi connectivity index (χ2v) is 5.71. The molecule has 0 saturated carbocycles. The predicted molar refractivity (Wildman–Crippen MR) is 75.2 cm³/mol. The van der Waals surface area contributed by atoms with Crippen LogP contribution in [0.4, 0.5) is 5.82 Å². The highest BCUT2D eigenvalue weighted by atomic mass is 79.9. The van der Waals surface area contributed by atoms with Crippen molar-refractivity contribution in [2.75, 3.05) is 5.32 Å². The van der Waals surface area contributed by atoms with Crippen molar-refractivity contribution in [2.45, 2.75) is 45.6 Å². The molecule has 0 aliphatic carbocycles. The molecular weight excluding hydrogens is 296 g/mol. The third-order valence-electron chi connectivity index (χ3n) is 2.30. The molecule has 1 aromatic rings. The second kappa shape index (κ2) is 6.13. The summed E-state index contributed by atoms with van der Waals surface area (Å²) in [7, 11) is 0. The van der Waals surface area contributed by atoms with Crippen molar-refractivity contribution >= 4 is 27.7 Å². The van der Waals surface area contributed by atoms with Gasteiger partial charge in [-0.15, -0.1) is 0 Å². The number of halogens is 1. The number of hydrogen-bond acceptors (Lipinski definition) is 4. The summed E-state index contributed by atoms with van der Waals surface area (Å²) < 4.78 is 0.735. The van der Waals surface area contributed by atoms with E-state index in [1.165, 1.54) is 0 Å². The van der Waals surface area contributed by atoms with E-state index in [9.17, 15) is 4.79 Å². The summed E-state index contributed by atoms with van der Waals surface area (Å²) in [6, 6.07) is 1.79. The number of aromatic nitrogens is 2. The lowest BCUT2D eigenvalue weighted by atomic mass is 10.0. The molecule has 0 spiro atoms. The van der Waals surface area contributed by atoms with Crippen LogP contribution in [-0.2, 0) is 11.2 Å². The van der Waals surface area contributed by atoms with Gasteiger partial charge < -0.3 is 11.1 Å². The van der Waals surface area contributed by atoms with Gasteiger partial charge in [-0.1, -0.05) is 6.92 Å². The fourth-order valence-electron chi connectivity index (χ4n) is 1.69. The summed E-state index contributed by atoms with van der Waals surface area (Å²) in [4.78, 5) is 19.7. The Morgan fingerprint density at radius 2 is 2.17 bits per heavy atom. The van der Waals surface area contributed by atoms with E-state index in [-0.39, 0.29) is 12.3 Å². The van der Waals surface area contributed by atoms with Crippen LogP contribution in [0.3, 0.4) is 0 Å². The lowest BCUT2D eigenvalue weighted by molar-refractivity contribution is -0.118. The molecule has 0 fully saturated rings. The zero-order valence-corrected chi connectivity index (χ0v) is 12.5. The zero-order chi connectivity index (χ0) is 13.8. The Morgan fingerprint density at radius 3 is 2.72 bits per heavy atom. The van der Waals surface area contributed by atoms with Gasteiger partial charge in [0.25, 0.3) is 0 Å². The molecule has 0 unspecified atom stereocenters. The lowest BCUT2D eigenvalue weighted by Crippen LogP contribution is -2.36. The van der Waals surface area contributed by atoms with Gasteiger partial charge in [0.1, 0.15) is 16.2 Å². The average Bonchev–Trinajstić information content (AvgIpc) is 2.12. The van der Waals surface area contributed by atoms with Crippen molar-refractivity contribution in [3.8, 4) is 0 Å². The summed E-state index contributed by atoms with van der Waals surface area (Å²) in [5, 5.41) is 3.21. The number of anilines is 1. The Morgan fingerprint density at radius 1 is 1.50 bits per heavy atom. The van der Waals surface area contributed by atoms with Crippen LogP contribution in [0.2, 0.25) is 0 Å². The van der Waals surface area contributed by atoms with Crippen molar-refractivity contribution in [2.24, 2.45) is 5.73 Å². The highest BCUT2D eigenvalue weighted by molar-refractivity contribution is 9.10. The van der Waals surface area contributed by atoms with Crippen LogP contribution in [-0.4, -0.2) is 21.4 Å². The summed E-state index contributed by atoms with van der Waals surface area (Å²) in [6.07, 6.45) is 2.06. The predicted octanol–water partition coefficient (Wildman–Crippen LogP) is 2.26. The van der Waals surface area contributed by atoms with E-state index in [2.05, 4.69) is 38.1 Å². The monoisotopic (exact) mass is 314 g/mol. The van der Waals surface area contributed by atoms with E-state index in [4.69, 9.17) is 5.73 Å². The Balaban J connectivity index is 2.86. The number of hydrogen-bond donors (Lipinski definition) is 2. The maximum absolute atomic E-state index is 11.0. The molecule has 1 amide bonds. The fourth-order valence-corrected chi connectivity index (χ4v) is 2.11. The normalized spacial score (nSPS) is 11.3. The molecule has 0 aliphatic rings. The molecule has 5 nitrogen and oxygen atoms in total. The van der Waals surface area contributed by atoms with Crippen LogP contribution in [0.5, 0.6) is 0 Å². The number of aryl methyl sites for hydroxylation is 1. The first kappa shape index (κ1) is 14.9. The minimum absolute atomic E-state index is 0.248. The molecule has 0 bridgehead atoms. The van der Waals surface area contributed by atoms with E-state index < -0.39 is 5.54 Å². The number of nitrogens with zero attached hydrogens (tertiary/aromatic N) is 2. The number of nitrogens with one attached hydrogen (secondary N) is 1. The molecule has 1 heterocycles. The lowest BCUT2D eigenvalue weighted by Gasteiger charge is -2.25. The average molecular weight is 315 g/mol. The van der Waals surface area contributed by atoms with Gasteiger partial charge in [-0.3, -0.25) is 4.79 Å². The van der Waals surface area contributed by atoms with Crippen LogP contribution in [0.1, 0.15) is 39.4 Å². The van der Waals surface area contributed by atoms with Crippen LogP contribution in [0.25, 0.3) is 0 Å². The Bertz CT molecular complexity index is 434. The third-order valence-corrected chi connectivity index (χ3v) is 2.70. The van der Waals surface area contributed by atoms with Gasteiger partial charge in [-0.05, 0) is 36.2 Å². The smallest absolute Gasteiger partial charge is 0.219 e. The van der Waals surface area contributed by atoms with E-state index >= 15 is 0 Å². The quantitative estimate of drug-likeness (QED) is 0.789. The maximum Gasteiger partial charge on any atom is 0.219 e. The Hall–Kier alpha value is -1.17. The zero-order valence-electron chi connectivity index (χ0n) is 11.0. The van der Waals surface area contributed by atoms with Gasteiger partial charge in [-0.25, -0.2) is 9.97 Å². The Kier molecular flexibility index (Phi) is 5.07. The molecule has 0 radical (unpaired) electrons. The minimum atomic E-state index is -0.427. The molecule has 100 valence electrons. The largest absolute Gasteiger partial charge is 0.370 e. The van der Waals surface area contributed by atoms with E-state index in [0.29, 0.717) is 5.82 Å². The number of carbonyl (C=O) groups is 1. The van der Waals surface area contributed by atoms with Gasteiger partial charge in [0.15, 0.2) is 0 Å². The van der Waals surface area contributed by atoms with Crippen molar-refractivity contribution in [1.82, 2.24) is 9.97 Å². The van der Waals surface area contributed by atoms with Crippen LogP contribution in [0.15, 0.2) is 10.7 Å². The van der Waals surface area contributed by atoms with Crippen molar-refractivity contribution < 1.29 is 4.79 Å². The second-order valence-electron chi connectivity index (χ2n) is 4.89. The van der Waals surface area contributed by atoms with Gasteiger partial charge in [0.2, 0.25) is 5.91 Å². The van der Waals surface area contributed by atoms with Gasteiger partial charge in [-0.2, -0.15) is 0 Å². The van der Waals surface area contributed by atoms with Gasteiger partial charge in [0, 0.05) is 24.4 Å². The number of nitrogens with two attached hydrogens (primary N) is 1. The molecule has 0 atom stereocenters. The molecule has 18 heavy (non-hydrogen) atoms. The molecule has 0 aliphatic heterocycles. The molecule has 3 N–H and O–H groups in total. The van der Waals surface area contributed by atoms with E-state index in [1.807, 2.05) is 13.8 Å². The first-order valence-corrected chi connectivity index (χ1v) is 6.71. The third kappa shape index (κ3) is 5.00. The number of amides is 1. The minimum Gasteiger partial charge on any atom is -0.370 e. The molecule has 0 saturated heterocycles. The van der Waals surface area contributed by atoms with Gasteiger partial charge >= 0.3 is 0 Å². The SMILES string of the molecule is CCCc1nc(Br)cc(NC(C)(C)CC(N)=O)n1. The number of primary amides is 1. The maximum atomic E-state index is 11.0. The molecule has 6 heteroatoms. The van der Waals surface area contributed by atoms with Crippen molar-refractivity contribution in [3.05, 3.63) is 16.5 Å². The summed E-state index contributed by atoms with van der Waals surface area (Å²) in [5.41, 5.74) is 4.79. The van der Waals surface area contributed by atoms with E-state index in [0.717, 1.165) is 23.3 Å². The first-order valence-electron chi connectivity index (χ1n) is 5.92. The Labute approximate surface area is 116 Å². The van der Waals surface area contributed by atoms with Crippen LogP contribution >= 0.6 is 15.9 Å². The summed E-state index contributed by atoms with van der Waals surface area (Å²) >= 11 is 3.36. The molecule has 1 rings (SSSR count). The summed E-state index contributed by atoms with van der Waals surface area (Å²) in [5.74, 6) is 1.14. The standard InChI is InChI=1S/C12H19BrN4O/c1-4-5-10-15-8(13)6-11(16-10)17-12(2,3)7-9(14)18/h6H,4-5,7H2,1-3H3,(H2,14,18)(H,15,16,17). The molecule has 1 aromatic heterocycles. The topological polar surface area (TPSA) is 80.9 Å². The van der Waals surface area contributed by atoms with Gasteiger partial charge in [0.05, 0.1) is 0 Å².